The van der Waals surface area contributed by atoms with Crippen LogP contribution in [0.25, 0.3) is 0 Å². The second-order valence-corrected chi connectivity index (χ2v) is 9.30. The van der Waals surface area contributed by atoms with E-state index in [1.54, 1.807) is 48.8 Å². The van der Waals surface area contributed by atoms with Crippen molar-refractivity contribution in [2.24, 2.45) is 7.05 Å². The van der Waals surface area contributed by atoms with E-state index in [9.17, 15) is 21.6 Å². The van der Waals surface area contributed by atoms with Gasteiger partial charge in [-0.05, 0) is 18.9 Å². The fourth-order valence-corrected chi connectivity index (χ4v) is 3.98. The Labute approximate surface area is 165 Å². The molecule has 0 amide bonds. The van der Waals surface area contributed by atoms with Crippen molar-refractivity contribution in [2.75, 3.05) is 13.1 Å². The molecule has 0 bridgehead atoms. The number of hydrogen-bond acceptors (Lipinski definition) is 7. The number of rotatable bonds is 3. The van der Waals surface area contributed by atoms with Gasteiger partial charge < -0.3 is 4.55 Å². The number of aromatic nitrogens is 4. The van der Waals surface area contributed by atoms with E-state index < -0.39 is 25.8 Å². The van der Waals surface area contributed by atoms with Crippen molar-refractivity contribution >= 4 is 20.3 Å². The molecule has 162 valence electrons. The Bertz CT molecular complexity index is 1020. The molecular weight excluding hydrogens is 439 g/mol. The summed E-state index contributed by atoms with van der Waals surface area (Å²) >= 11 is 0. The Morgan fingerprint density at radius 1 is 1.14 bits per heavy atom. The molecule has 10 nitrogen and oxygen atoms in total. The SMILES string of the molecule is C[n+]1ccn(S(=O)(=O)N2CCC(c3ncccn3)CC2)c1.O=S(=O)([O-])C(F)(F)F. The lowest BCUT2D eigenvalue weighted by atomic mass is 9.97. The van der Waals surface area contributed by atoms with Gasteiger partial charge in [0.15, 0.2) is 10.1 Å². The van der Waals surface area contributed by atoms with Crippen molar-refractivity contribution < 1.29 is 39.1 Å². The molecule has 0 unspecified atom stereocenters. The summed E-state index contributed by atoms with van der Waals surface area (Å²) in [5.41, 5.74) is -5.65. The van der Waals surface area contributed by atoms with Gasteiger partial charge in [0.1, 0.15) is 18.2 Å². The molecule has 1 aliphatic heterocycles. The van der Waals surface area contributed by atoms with E-state index in [2.05, 4.69) is 9.97 Å². The van der Waals surface area contributed by atoms with E-state index in [0.29, 0.717) is 13.1 Å². The van der Waals surface area contributed by atoms with E-state index in [1.165, 1.54) is 8.28 Å². The van der Waals surface area contributed by atoms with Gasteiger partial charge in [0, 0.05) is 31.4 Å². The van der Waals surface area contributed by atoms with Crippen LogP contribution in [-0.4, -0.2) is 58.2 Å². The zero-order valence-corrected chi connectivity index (χ0v) is 16.7. The second kappa shape index (κ2) is 8.73. The molecule has 2 aromatic rings. The maximum Gasteiger partial charge on any atom is 0.485 e. The molecule has 0 saturated carbocycles. The van der Waals surface area contributed by atoms with E-state index in [1.807, 2.05) is 0 Å². The smallest absolute Gasteiger partial charge is 0.485 e. The summed E-state index contributed by atoms with van der Waals surface area (Å²) in [5, 5.41) is 0. The molecule has 1 saturated heterocycles. The quantitative estimate of drug-likeness (QED) is 0.364. The van der Waals surface area contributed by atoms with Crippen LogP contribution < -0.4 is 4.57 Å². The average Bonchev–Trinajstić information content (AvgIpc) is 3.09. The van der Waals surface area contributed by atoms with Crippen molar-refractivity contribution in [2.45, 2.75) is 24.3 Å². The van der Waals surface area contributed by atoms with Crippen LogP contribution in [0.15, 0.2) is 37.2 Å². The average molecular weight is 457 g/mol. The highest BCUT2D eigenvalue weighted by Crippen LogP contribution is 2.26. The number of alkyl halides is 3. The first-order valence-corrected chi connectivity index (χ1v) is 11.0. The Morgan fingerprint density at radius 2 is 1.66 bits per heavy atom. The van der Waals surface area contributed by atoms with Gasteiger partial charge in [0.05, 0.1) is 7.05 Å². The monoisotopic (exact) mass is 457 g/mol. The third-order valence-electron chi connectivity index (χ3n) is 4.03. The summed E-state index contributed by atoms with van der Waals surface area (Å²) in [6, 6.07) is 1.79. The van der Waals surface area contributed by atoms with Crippen LogP contribution in [0.4, 0.5) is 13.2 Å². The molecule has 0 aliphatic carbocycles. The Balaban J connectivity index is 0.000000321. The molecule has 0 atom stereocenters. The summed E-state index contributed by atoms with van der Waals surface area (Å²) < 4.78 is 88.4. The molecule has 3 rings (SSSR count). The van der Waals surface area contributed by atoms with Crippen molar-refractivity contribution in [3.8, 4) is 0 Å². The number of nitrogens with zero attached hydrogens (tertiary/aromatic N) is 5. The van der Waals surface area contributed by atoms with Gasteiger partial charge in [-0.25, -0.2) is 23.0 Å². The minimum absolute atomic E-state index is 0.235. The van der Waals surface area contributed by atoms with E-state index >= 15 is 0 Å². The standard InChI is InChI=1S/C13H18N5O2S.CHF3O3S/c1-16-9-10-18(11-16)21(19,20)17-7-3-12(4-8-17)13-14-5-2-6-15-13;2-1(3,4)8(5,6)7/h2,5-6,9-12H,3-4,7-8H2,1H3;(H,5,6,7)/q+1;/p-1. The number of aryl methyl sites for hydroxylation is 1. The van der Waals surface area contributed by atoms with Crippen molar-refractivity contribution in [1.29, 1.82) is 0 Å². The number of hydrogen-bond donors (Lipinski definition) is 0. The molecule has 1 fully saturated rings. The first-order chi connectivity index (χ1) is 13.3. The Hall–Kier alpha value is -2.10. The van der Waals surface area contributed by atoms with Crippen molar-refractivity contribution in [3.63, 3.8) is 0 Å². The molecule has 3 heterocycles. The third kappa shape index (κ3) is 5.94. The summed E-state index contributed by atoms with van der Waals surface area (Å²) in [6.45, 7) is 0.986. The second-order valence-electron chi connectivity index (χ2n) is 6.10. The predicted octanol–water partition coefficient (Wildman–Crippen LogP) is 0.127. The Kier molecular flexibility index (Phi) is 6.97. The minimum atomic E-state index is -6.09. The van der Waals surface area contributed by atoms with Crippen molar-refractivity contribution in [1.82, 2.24) is 18.2 Å². The van der Waals surface area contributed by atoms with Crippen molar-refractivity contribution in [3.05, 3.63) is 43.0 Å². The normalized spacial score (nSPS) is 16.9. The summed E-state index contributed by atoms with van der Waals surface area (Å²) in [7, 11) is -7.75. The highest BCUT2D eigenvalue weighted by molar-refractivity contribution is 7.87. The lowest BCUT2D eigenvalue weighted by molar-refractivity contribution is -0.670. The largest absolute Gasteiger partial charge is 0.741 e. The summed E-state index contributed by atoms with van der Waals surface area (Å²) in [4.78, 5) is 8.53. The van der Waals surface area contributed by atoms with Crippen LogP contribution in [0.5, 0.6) is 0 Å². The highest BCUT2D eigenvalue weighted by atomic mass is 32.2. The molecule has 0 aromatic carbocycles. The van der Waals surface area contributed by atoms with Gasteiger partial charge in [0.2, 0.25) is 0 Å². The fraction of sp³-hybridized carbons (Fsp3) is 0.500. The highest BCUT2D eigenvalue weighted by Gasteiger charge is 2.37. The topological polar surface area (TPSA) is 129 Å². The zero-order chi connectivity index (χ0) is 21.9. The number of imidazole rings is 1. The van der Waals surface area contributed by atoms with Gasteiger partial charge in [-0.2, -0.15) is 25.9 Å². The minimum Gasteiger partial charge on any atom is -0.741 e. The molecular formula is C14H18F3N5O5S2. The lowest BCUT2D eigenvalue weighted by Gasteiger charge is -2.28. The molecule has 29 heavy (non-hydrogen) atoms. The van der Waals surface area contributed by atoms with Crippen LogP contribution in [-0.2, 0) is 27.4 Å². The number of halogens is 3. The van der Waals surface area contributed by atoms with Crippen LogP contribution in [0.3, 0.4) is 0 Å². The van der Waals surface area contributed by atoms with E-state index in [4.69, 9.17) is 13.0 Å². The van der Waals surface area contributed by atoms with Gasteiger partial charge >= 0.3 is 15.7 Å². The maximum absolute atomic E-state index is 12.5. The van der Waals surface area contributed by atoms with E-state index in [-0.39, 0.29) is 5.92 Å². The molecule has 0 spiro atoms. The fourth-order valence-electron chi connectivity index (χ4n) is 2.56. The Morgan fingerprint density at radius 3 is 2.07 bits per heavy atom. The molecule has 15 heteroatoms. The number of piperidine rings is 1. The van der Waals surface area contributed by atoms with Gasteiger partial charge in [-0.1, -0.05) is 0 Å². The third-order valence-corrected chi connectivity index (χ3v) is 6.36. The molecule has 1 aliphatic rings. The van der Waals surface area contributed by atoms with Gasteiger partial charge in [0.25, 0.3) is 6.33 Å². The van der Waals surface area contributed by atoms with E-state index in [0.717, 1.165) is 18.7 Å². The van der Waals surface area contributed by atoms with Crippen LogP contribution in [0.1, 0.15) is 24.6 Å². The van der Waals surface area contributed by atoms with Crippen LogP contribution in [0, 0.1) is 0 Å². The van der Waals surface area contributed by atoms with Crippen LogP contribution in [0.2, 0.25) is 0 Å². The van der Waals surface area contributed by atoms with Crippen LogP contribution >= 0.6 is 0 Å². The molecule has 0 radical (unpaired) electrons. The predicted molar refractivity (Wildman–Crippen MR) is 91.3 cm³/mol. The first-order valence-electron chi connectivity index (χ1n) is 8.15. The van der Waals surface area contributed by atoms with Gasteiger partial charge in [-0.3, -0.25) is 0 Å². The molecule has 0 N–H and O–H groups in total. The zero-order valence-electron chi connectivity index (χ0n) is 15.1. The summed E-state index contributed by atoms with van der Waals surface area (Å²) in [6.07, 6.45) is 9.77. The molecule has 2 aromatic heterocycles. The summed E-state index contributed by atoms with van der Waals surface area (Å²) in [5.74, 6) is 1.04. The van der Waals surface area contributed by atoms with Gasteiger partial charge in [-0.15, -0.1) is 3.97 Å². The maximum atomic E-state index is 12.5. The lowest BCUT2D eigenvalue weighted by Crippen LogP contribution is -2.41. The first kappa shape index (κ1) is 23.2.